The quantitative estimate of drug-likeness (QED) is 0.890. The second-order valence-electron chi connectivity index (χ2n) is 4.48. The first kappa shape index (κ1) is 12.9. The van der Waals surface area contributed by atoms with E-state index in [1.165, 1.54) is 4.90 Å². The Hall–Kier alpha value is -0.510. The van der Waals surface area contributed by atoms with Crippen LogP contribution in [0.3, 0.4) is 0 Å². The second-order valence-corrected chi connectivity index (χ2v) is 5.76. The Labute approximate surface area is 107 Å². The van der Waals surface area contributed by atoms with E-state index >= 15 is 0 Å². The molecule has 0 aliphatic carbocycles. The van der Waals surface area contributed by atoms with Crippen LogP contribution in [0.25, 0.3) is 0 Å². The predicted molar refractivity (Wildman–Crippen MR) is 71.4 cm³/mol. The number of rotatable bonds is 4. The van der Waals surface area contributed by atoms with Crippen molar-refractivity contribution in [3.8, 4) is 0 Å². The maximum atomic E-state index is 10.0. The van der Waals surface area contributed by atoms with Gasteiger partial charge in [0.25, 0.3) is 0 Å². The van der Waals surface area contributed by atoms with Crippen LogP contribution in [0.4, 0.5) is 0 Å². The third kappa shape index (κ3) is 3.03. The Kier molecular flexibility index (Phi) is 4.48. The summed E-state index contributed by atoms with van der Waals surface area (Å²) in [4.78, 5) is 1.20. The van der Waals surface area contributed by atoms with Crippen LogP contribution in [-0.4, -0.2) is 23.1 Å². The van der Waals surface area contributed by atoms with Crippen molar-refractivity contribution in [2.24, 2.45) is 0 Å². The topological polar surface area (TPSA) is 29.5 Å². The van der Waals surface area contributed by atoms with E-state index in [0.717, 1.165) is 25.0 Å². The van der Waals surface area contributed by atoms with E-state index < -0.39 is 0 Å². The lowest BCUT2D eigenvalue weighted by Crippen LogP contribution is -2.13. The Morgan fingerprint density at radius 1 is 1.47 bits per heavy atom. The maximum Gasteiger partial charge on any atom is 0.0798 e. The minimum atomic E-state index is -0.351. The molecule has 1 aromatic rings. The molecule has 0 radical (unpaired) electrons. The Morgan fingerprint density at radius 3 is 2.88 bits per heavy atom. The highest BCUT2D eigenvalue weighted by Crippen LogP contribution is 2.36. The molecule has 2 unspecified atom stereocenters. The van der Waals surface area contributed by atoms with Gasteiger partial charge in [0.05, 0.1) is 12.2 Å². The molecule has 0 saturated carbocycles. The highest BCUT2D eigenvalue weighted by molar-refractivity contribution is 8.00. The molecular formula is C14H20O2S. The van der Waals surface area contributed by atoms with Gasteiger partial charge in [-0.05, 0) is 31.4 Å². The Bertz CT molecular complexity index is 367. The standard InChI is InChI=1S/C14H20O2S/c1-3-12(15)11-6-4-5-7-14(11)17-13-8-9-16-10(13)2/h4-7,10,12-13,15H,3,8-9H2,1-2H3/t10?,12-,13?/m1/s1. The van der Waals surface area contributed by atoms with Crippen LogP contribution in [0.15, 0.2) is 29.2 Å². The summed E-state index contributed by atoms with van der Waals surface area (Å²) in [6.07, 6.45) is 1.82. The lowest BCUT2D eigenvalue weighted by molar-refractivity contribution is 0.127. The van der Waals surface area contributed by atoms with Crippen molar-refractivity contribution >= 4 is 11.8 Å². The SMILES string of the molecule is CC[C@@H](O)c1ccccc1SC1CCOC1C. The molecule has 0 amide bonds. The number of aliphatic hydroxyl groups is 1. The molecule has 3 atom stereocenters. The van der Waals surface area contributed by atoms with Crippen LogP contribution in [0, 0.1) is 0 Å². The first-order valence-corrected chi connectivity index (χ1v) is 7.15. The molecule has 1 saturated heterocycles. The highest BCUT2D eigenvalue weighted by Gasteiger charge is 2.26. The van der Waals surface area contributed by atoms with Gasteiger partial charge in [0.2, 0.25) is 0 Å². The van der Waals surface area contributed by atoms with Gasteiger partial charge in [0.1, 0.15) is 0 Å². The van der Waals surface area contributed by atoms with Crippen LogP contribution in [0.1, 0.15) is 38.4 Å². The van der Waals surface area contributed by atoms with Gasteiger partial charge in [-0.15, -0.1) is 11.8 Å². The maximum absolute atomic E-state index is 10.0. The molecule has 2 rings (SSSR count). The fraction of sp³-hybridized carbons (Fsp3) is 0.571. The molecule has 0 bridgehead atoms. The lowest BCUT2D eigenvalue weighted by Gasteiger charge is -2.18. The number of thioether (sulfide) groups is 1. The number of hydrogen-bond donors (Lipinski definition) is 1. The molecular weight excluding hydrogens is 232 g/mol. The summed E-state index contributed by atoms with van der Waals surface area (Å²) in [7, 11) is 0. The van der Waals surface area contributed by atoms with E-state index in [-0.39, 0.29) is 6.10 Å². The van der Waals surface area contributed by atoms with Gasteiger partial charge in [-0.1, -0.05) is 25.1 Å². The molecule has 17 heavy (non-hydrogen) atoms. The molecule has 3 heteroatoms. The van der Waals surface area contributed by atoms with Gasteiger partial charge < -0.3 is 9.84 Å². The largest absolute Gasteiger partial charge is 0.388 e. The minimum Gasteiger partial charge on any atom is -0.388 e. The first-order valence-electron chi connectivity index (χ1n) is 6.27. The monoisotopic (exact) mass is 252 g/mol. The normalized spacial score (nSPS) is 26.1. The molecule has 1 aliphatic heterocycles. The number of benzene rings is 1. The lowest BCUT2D eigenvalue weighted by atomic mass is 10.1. The summed E-state index contributed by atoms with van der Waals surface area (Å²) in [5.41, 5.74) is 1.05. The van der Waals surface area contributed by atoms with Crippen molar-refractivity contribution in [1.29, 1.82) is 0 Å². The third-order valence-electron chi connectivity index (χ3n) is 3.25. The summed E-state index contributed by atoms with van der Waals surface area (Å²) in [5.74, 6) is 0. The minimum absolute atomic E-state index is 0.312. The average Bonchev–Trinajstić information content (AvgIpc) is 2.75. The van der Waals surface area contributed by atoms with Crippen molar-refractivity contribution in [2.75, 3.05) is 6.61 Å². The van der Waals surface area contributed by atoms with E-state index in [0.29, 0.717) is 11.4 Å². The van der Waals surface area contributed by atoms with Gasteiger partial charge in [-0.25, -0.2) is 0 Å². The van der Waals surface area contributed by atoms with Gasteiger partial charge >= 0.3 is 0 Å². The van der Waals surface area contributed by atoms with Crippen LogP contribution >= 0.6 is 11.8 Å². The highest BCUT2D eigenvalue weighted by atomic mass is 32.2. The van der Waals surface area contributed by atoms with E-state index in [1.54, 1.807) is 0 Å². The van der Waals surface area contributed by atoms with Crippen LogP contribution in [0.5, 0.6) is 0 Å². The van der Waals surface area contributed by atoms with Crippen LogP contribution in [-0.2, 0) is 4.74 Å². The zero-order chi connectivity index (χ0) is 12.3. The molecule has 1 fully saturated rings. The van der Waals surface area contributed by atoms with Gasteiger partial charge in [-0.2, -0.15) is 0 Å². The van der Waals surface area contributed by atoms with E-state index in [2.05, 4.69) is 13.0 Å². The van der Waals surface area contributed by atoms with Gasteiger partial charge in [0, 0.05) is 16.8 Å². The number of aliphatic hydroxyl groups excluding tert-OH is 1. The zero-order valence-electron chi connectivity index (χ0n) is 10.4. The van der Waals surface area contributed by atoms with E-state index in [4.69, 9.17) is 4.74 Å². The molecule has 1 N–H and O–H groups in total. The van der Waals surface area contributed by atoms with Gasteiger partial charge in [0.15, 0.2) is 0 Å². The molecule has 0 aromatic heterocycles. The molecule has 1 heterocycles. The van der Waals surface area contributed by atoms with Gasteiger partial charge in [-0.3, -0.25) is 0 Å². The third-order valence-corrected chi connectivity index (χ3v) is 4.80. The van der Waals surface area contributed by atoms with Crippen molar-refractivity contribution in [2.45, 2.75) is 49.0 Å². The fourth-order valence-electron chi connectivity index (χ4n) is 2.11. The second kappa shape index (κ2) is 5.89. The predicted octanol–water partition coefficient (Wildman–Crippen LogP) is 3.40. The Balaban J connectivity index is 2.14. The summed E-state index contributed by atoms with van der Waals surface area (Å²) in [6.45, 7) is 4.99. The molecule has 2 nitrogen and oxygen atoms in total. The van der Waals surface area contributed by atoms with Crippen molar-refractivity contribution < 1.29 is 9.84 Å². The molecule has 94 valence electrons. The number of hydrogen-bond acceptors (Lipinski definition) is 3. The van der Waals surface area contributed by atoms with E-state index in [9.17, 15) is 5.11 Å². The summed E-state index contributed by atoms with van der Waals surface area (Å²) >= 11 is 1.84. The molecule has 1 aliphatic rings. The first-order chi connectivity index (χ1) is 8.22. The summed E-state index contributed by atoms with van der Waals surface area (Å²) in [6, 6.07) is 8.16. The summed E-state index contributed by atoms with van der Waals surface area (Å²) in [5, 5.41) is 10.5. The smallest absolute Gasteiger partial charge is 0.0798 e. The molecule has 1 aromatic carbocycles. The van der Waals surface area contributed by atoms with Crippen LogP contribution < -0.4 is 0 Å². The fourth-order valence-corrected chi connectivity index (χ4v) is 3.42. The van der Waals surface area contributed by atoms with Crippen molar-refractivity contribution in [3.63, 3.8) is 0 Å². The average molecular weight is 252 g/mol. The number of ether oxygens (including phenoxy) is 1. The Morgan fingerprint density at radius 2 is 2.24 bits per heavy atom. The molecule has 0 spiro atoms. The van der Waals surface area contributed by atoms with Crippen molar-refractivity contribution in [3.05, 3.63) is 29.8 Å². The summed E-state index contributed by atoms with van der Waals surface area (Å²) < 4.78 is 5.58. The zero-order valence-corrected chi connectivity index (χ0v) is 11.2. The van der Waals surface area contributed by atoms with E-state index in [1.807, 2.05) is 36.9 Å². The van der Waals surface area contributed by atoms with Crippen LogP contribution in [0.2, 0.25) is 0 Å². The van der Waals surface area contributed by atoms with Crippen molar-refractivity contribution in [1.82, 2.24) is 0 Å².